The van der Waals surface area contributed by atoms with Gasteiger partial charge in [-0.2, -0.15) is 18.4 Å². The maximum Gasteiger partial charge on any atom is 0.418 e. The molecule has 6 heteroatoms. The van der Waals surface area contributed by atoms with Crippen molar-refractivity contribution < 1.29 is 18.3 Å². The molecule has 0 aliphatic rings. The van der Waals surface area contributed by atoms with Crippen LogP contribution in [0.3, 0.4) is 0 Å². The van der Waals surface area contributed by atoms with Gasteiger partial charge in [-0.05, 0) is 39.0 Å². The van der Waals surface area contributed by atoms with Crippen molar-refractivity contribution in [1.82, 2.24) is 4.57 Å². The molecular weight excluding hydrogens is 281 g/mol. The number of benzene rings is 1. The van der Waals surface area contributed by atoms with E-state index in [0.29, 0.717) is 5.52 Å². The molecule has 0 unspecified atom stereocenters. The van der Waals surface area contributed by atoms with Gasteiger partial charge in [0.25, 0.3) is 0 Å². The second-order valence-corrected chi connectivity index (χ2v) is 5.58. The van der Waals surface area contributed by atoms with Crippen LogP contribution < -0.4 is 0 Å². The zero-order valence-electron chi connectivity index (χ0n) is 11.9. The fraction of sp³-hybridized carbons (Fsp3) is 0.400. The van der Waals surface area contributed by atoms with Crippen molar-refractivity contribution in [3.8, 4) is 6.07 Å². The molecule has 0 aliphatic heterocycles. The number of fused-ring (bicyclic) bond motifs is 1. The molecule has 1 aromatic carbocycles. The van der Waals surface area contributed by atoms with Crippen LogP contribution in [0.25, 0.3) is 10.9 Å². The van der Waals surface area contributed by atoms with Crippen molar-refractivity contribution in [1.29, 1.82) is 5.26 Å². The first-order chi connectivity index (χ1) is 9.57. The monoisotopic (exact) mass is 296 g/mol. The third-order valence-corrected chi connectivity index (χ3v) is 3.75. The zero-order chi connectivity index (χ0) is 16.0. The molecule has 0 fully saturated rings. The average Bonchev–Trinajstić information content (AvgIpc) is 2.77. The highest BCUT2D eigenvalue weighted by molar-refractivity contribution is 5.86. The van der Waals surface area contributed by atoms with E-state index in [4.69, 9.17) is 5.26 Å². The van der Waals surface area contributed by atoms with Gasteiger partial charge in [-0.1, -0.05) is 0 Å². The molecule has 0 saturated heterocycles. The number of nitrogens with zero attached hydrogens (tertiary/aromatic N) is 2. The lowest BCUT2D eigenvalue weighted by molar-refractivity contribution is -0.136. The van der Waals surface area contributed by atoms with E-state index in [-0.39, 0.29) is 5.39 Å². The standard InChI is InChI=1S/C15H15F3N2O/c1-9(14(2,3)21)20-7-6-11-12(20)5-4-10(8-19)13(11)15(16,17)18/h4-7,9,21H,1-3H3/t9-/m1/s1. The molecule has 2 rings (SSSR count). The molecule has 21 heavy (non-hydrogen) atoms. The van der Waals surface area contributed by atoms with Crippen molar-refractivity contribution in [3.63, 3.8) is 0 Å². The van der Waals surface area contributed by atoms with Crippen LogP contribution in [-0.4, -0.2) is 15.3 Å². The van der Waals surface area contributed by atoms with Gasteiger partial charge >= 0.3 is 6.18 Å². The van der Waals surface area contributed by atoms with Crippen LogP contribution in [0.2, 0.25) is 0 Å². The number of hydrogen-bond donors (Lipinski definition) is 1. The molecule has 0 saturated carbocycles. The van der Waals surface area contributed by atoms with E-state index in [2.05, 4.69) is 0 Å². The van der Waals surface area contributed by atoms with Crippen LogP contribution >= 0.6 is 0 Å². The van der Waals surface area contributed by atoms with Gasteiger partial charge in [-0.15, -0.1) is 0 Å². The Morgan fingerprint density at radius 2 is 1.86 bits per heavy atom. The van der Waals surface area contributed by atoms with E-state index < -0.39 is 28.9 Å². The smallest absolute Gasteiger partial charge is 0.388 e. The first kappa shape index (κ1) is 15.4. The van der Waals surface area contributed by atoms with Gasteiger partial charge < -0.3 is 9.67 Å². The van der Waals surface area contributed by atoms with Crippen LogP contribution in [0.5, 0.6) is 0 Å². The molecule has 0 amide bonds. The van der Waals surface area contributed by atoms with Gasteiger partial charge in [-0.25, -0.2) is 0 Å². The van der Waals surface area contributed by atoms with Gasteiger partial charge in [-0.3, -0.25) is 0 Å². The number of halogens is 3. The van der Waals surface area contributed by atoms with E-state index >= 15 is 0 Å². The Bertz CT molecular complexity index is 717. The summed E-state index contributed by atoms with van der Waals surface area (Å²) in [6, 6.07) is 5.15. The molecule has 2 aromatic rings. The van der Waals surface area contributed by atoms with Gasteiger partial charge in [0.2, 0.25) is 0 Å². The molecule has 0 bridgehead atoms. The number of rotatable bonds is 2. The molecule has 1 N–H and O–H groups in total. The topological polar surface area (TPSA) is 49.0 Å². The molecule has 0 spiro atoms. The van der Waals surface area contributed by atoms with E-state index in [0.717, 1.165) is 0 Å². The molecule has 112 valence electrons. The van der Waals surface area contributed by atoms with Gasteiger partial charge in [0.1, 0.15) is 0 Å². The Morgan fingerprint density at radius 1 is 1.24 bits per heavy atom. The summed E-state index contributed by atoms with van der Waals surface area (Å²) in [5.74, 6) is 0. The van der Waals surface area contributed by atoms with E-state index in [1.807, 2.05) is 0 Å². The Balaban J connectivity index is 2.76. The fourth-order valence-electron chi connectivity index (χ4n) is 2.31. The first-order valence-electron chi connectivity index (χ1n) is 6.40. The minimum atomic E-state index is -4.60. The lowest BCUT2D eigenvalue weighted by Crippen LogP contribution is -2.30. The Hall–Kier alpha value is -2.00. The van der Waals surface area contributed by atoms with Crippen LogP contribution in [0.15, 0.2) is 24.4 Å². The molecule has 3 nitrogen and oxygen atoms in total. The molecule has 1 heterocycles. The summed E-state index contributed by atoms with van der Waals surface area (Å²) in [6.07, 6.45) is -3.10. The predicted octanol–water partition coefficient (Wildman–Crippen LogP) is 3.86. The normalized spacial score (nSPS) is 14.2. The molecule has 0 radical (unpaired) electrons. The number of hydrogen-bond acceptors (Lipinski definition) is 2. The van der Waals surface area contributed by atoms with Crippen molar-refractivity contribution in [2.75, 3.05) is 0 Å². The third kappa shape index (κ3) is 2.61. The summed E-state index contributed by atoms with van der Waals surface area (Å²) >= 11 is 0. The second-order valence-electron chi connectivity index (χ2n) is 5.58. The summed E-state index contributed by atoms with van der Waals surface area (Å²) in [6.45, 7) is 4.92. The van der Waals surface area contributed by atoms with Crippen LogP contribution in [0.4, 0.5) is 13.2 Å². The van der Waals surface area contributed by atoms with Crippen molar-refractivity contribution in [2.45, 2.75) is 38.6 Å². The summed E-state index contributed by atoms with van der Waals surface area (Å²) in [5.41, 5.74) is -2.07. The highest BCUT2D eigenvalue weighted by Crippen LogP contribution is 2.39. The summed E-state index contributed by atoms with van der Waals surface area (Å²) < 4.78 is 41.2. The molecule has 0 aliphatic carbocycles. The highest BCUT2D eigenvalue weighted by Gasteiger charge is 2.36. The number of aliphatic hydroxyl groups is 1. The number of alkyl halides is 3. The average molecular weight is 296 g/mol. The quantitative estimate of drug-likeness (QED) is 0.914. The first-order valence-corrected chi connectivity index (χ1v) is 6.40. The van der Waals surface area contributed by atoms with Crippen LogP contribution in [-0.2, 0) is 6.18 Å². The minimum Gasteiger partial charge on any atom is -0.388 e. The molecular formula is C15H15F3N2O. The highest BCUT2D eigenvalue weighted by atomic mass is 19.4. The SMILES string of the molecule is C[C@@H](n1ccc2c(C(F)(F)F)c(C#N)ccc21)C(C)(C)O. The second kappa shape index (κ2) is 4.78. The molecule has 1 aromatic heterocycles. The zero-order valence-corrected chi connectivity index (χ0v) is 11.9. The van der Waals surface area contributed by atoms with Crippen molar-refractivity contribution in [2.24, 2.45) is 0 Å². The summed E-state index contributed by atoms with van der Waals surface area (Å²) in [7, 11) is 0. The Labute approximate surface area is 120 Å². The fourth-order valence-corrected chi connectivity index (χ4v) is 2.31. The van der Waals surface area contributed by atoms with Crippen LogP contribution in [0.1, 0.15) is 37.9 Å². The van der Waals surface area contributed by atoms with Gasteiger partial charge in [0.05, 0.1) is 28.8 Å². The van der Waals surface area contributed by atoms with E-state index in [1.54, 1.807) is 31.4 Å². The minimum absolute atomic E-state index is 0.0300. The maximum atomic E-state index is 13.2. The van der Waals surface area contributed by atoms with E-state index in [1.165, 1.54) is 24.4 Å². The Kier molecular flexibility index (Phi) is 3.50. The third-order valence-electron chi connectivity index (χ3n) is 3.75. The lowest BCUT2D eigenvalue weighted by atomic mass is 9.99. The van der Waals surface area contributed by atoms with Crippen LogP contribution in [0, 0.1) is 11.3 Å². The summed E-state index contributed by atoms with van der Waals surface area (Å²) in [5, 5.41) is 18.9. The summed E-state index contributed by atoms with van der Waals surface area (Å²) in [4.78, 5) is 0. The number of nitriles is 1. The van der Waals surface area contributed by atoms with Gasteiger partial charge in [0, 0.05) is 17.1 Å². The Morgan fingerprint density at radius 3 is 2.33 bits per heavy atom. The largest absolute Gasteiger partial charge is 0.418 e. The van der Waals surface area contributed by atoms with Gasteiger partial charge in [0.15, 0.2) is 0 Å². The number of aromatic nitrogens is 1. The van der Waals surface area contributed by atoms with Crippen molar-refractivity contribution in [3.05, 3.63) is 35.5 Å². The van der Waals surface area contributed by atoms with E-state index in [9.17, 15) is 18.3 Å². The lowest BCUT2D eigenvalue weighted by Gasteiger charge is -2.28. The maximum absolute atomic E-state index is 13.2. The van der Waals surface area contributed by atoms with Crippen molar-refractivity contribution >= 4 is 10.9 Å². The molecule has 1 atom stereocenters. The predicted molar refractivity (Wildman–Crippen MR) is 72.7 cm³/mol.